The minimum Gasteiger partial charge on any atom is -0.496 e. The number of imidazole rings is 1. The molecule has 0 aliphatic rings. The second-order valence-corrected chi connectivity index (χ2v) is 8.24. The number of halogens is 1. The molecule has 0 spiro atoms. The highest BCUT2D eigenvalue weighted by atomic mass is 79.9. The number of anilines is 1. The van der Waals surface area contributed by atoms with E-state index < -0.39 is 17.4 Å². The number of hydrogen-bond acceptors (Lipinski definition) is 8. The summed E-state index contributed by atoms with van der Waals surface area (Å²) in [4.78, 5) is 31.1. The summed E-state index contributed by atoms with van der Waals surface area (Å²) in [7, 11) is 3.05. The van der Waals surface area contributed by atoms with Crippen LogP contribution in [-0.2, 0) is 18.3 Å². The maximum atomic E-state index is 12.5. The number of hydrazone groups is 1. The van der Waals surface area contributed by atoms with Gasteiger partial charge in [-0.1, -0.05) is 15.9 Å². The van der Waals surface area contributed by atoms with E-state index in [-0.39, 0.29) is 36.4 Å². The number of nitrogens with one attached hydrogen (secondary N) is 2. The molecule has 1 unspecified atom stereocenters. The molecule has 2 heterocycles. The molecular formula is C20H25BrN6O5. The molecule has 3 rings (SSSR count). The first-order chi connectivity index (χ1) is 15.2. The van der Waals surface area contributed by atoms with Gasteiger partial charge >= 0.3 is 5.69 Å². The van der Waals surface area contributed by atoms with Crippen molar-refractivity contribution in [1.29, 1.82) is 0 Å². The van der Waals surface area contributed by atoms with Gasteiger partial charge in [0.2, 0.25) is 5.95 Å². The number of aromatic nitrogens is 4. The number of aliphatic hydroxyl groups is 1. The highest BCUT2D eigenvalue weighted by Gasteiger charge is 2.20. The second-order valence-electron chi connectivity index (χ2n) is 7.33. The molecular weight excluding hydrogens is 484 g/mol. The largest absolute Gasteiger partial charge is 0.496 e. The lowest BCUT2D eigenvalue weighted by molar-refractivity contribution is -0.000105. The van der Waals surface area contributed by atoms with Gasteiger partial charge in [0.1, 0.15) is 5.75 Å². The molecule has 3 aromatic rings. The smallest absolute Gasteiger partial charge is 0.329 e. The summed E-state index contributed by atoms with van der Waals surface area (Å²) in [5, 5.41) is 14.6. The number of methoxy groups -OCH3 is 1. The Bertz CT molecular complexity index is 1250. The highest BCUT2D eigenvalue weighted by Crippen LogP contribution is 2.22. The van der Waals surface area contributed by atoms with Crippen LogP contribution in [0.4, 0.5) is 5.95 Å². The van der Waals surface area contributed by atoms with Gasteiger partial charge in [-0.25, -0.2) is 10.2 Å². The lowest BCUT2D eigenvalue weighted by Crippen LogP contribution is -2.30. The fourth-order valence-corrected chi connectivity index (χ4v) is 3.41. The Morgan fingerprint density at radius 3 is 2.81 bits per heavy atom. The molecule has 2 aromatic heterocycles. The van der Waals surface area contributed by atoms with Gasteiger partial charge < -0.3 is 19.1 Å². The van der Waals surface area contributed by atoms with Crippen molar-refractivity contribution < 1.29 is 14.6 Å². The molecule has 11 nitrogen and oxygen atoms in total. The van der Waals surface area contributed by atoms with E-state index in [0.717, 1.165) is 4.47 Å². The fraction of sp³-hybridized carbons (Fsp3) is 0.400. The van der Waals surface area contributed by atoms with Crippen LogP contribution >= 0.6 is 15.9 Å². The van der Waals surface area contributed by atoms with Gasteiger partial charge in [0.05, 0.1) is 38.7 Å². The number of aryl methyl sites for hydroxylation is 1. The first-order valence-corrected chi connectivity index (χ1v) is 10.6. The maximum absolute atomic E-state index is 12.5. The van der Waals surface area contributed by atoms with E-state index in [1.807, 2.05) is 26.0 Å². The standard InChI is InChI=1S/C20H25BrN6O5/c1-11(2)32-10-14(28)9-27-16-17(26(3)20(30)24-18(16)29)23-19(27)25-22-8-12-7-13(21)5-6-15(12)31-4/h5-8,11,14,28H,9-10H2,1-4H3,(H,23,25)(H,24,29,30)/b22-8+. The Labute approximate surface area is 191 Å². The molecule has 172 valence electrons. The van der Waals surface area contributed by atoms with Crippen molar-refractivity contribution in [2.75, 3.05) is 19.1 Å². The number of ether oxygens (including phenoxy) is 2. The topological polar surface area (TPSA) is 136 Å². The van der Waals surface area contributed by atoms with E-state index in [9.17, 15) is 14.7 Å². The van der Waals surface area contributed by atoms with Crippen LogP contribution in [0.1, 0.15) is 19.4 Å². The molecule has 0 saturated heterocycles. The van der Waals surface area contributed by atoms with Gasteiger partial charge in [-0.05, 0) is 32.0 Å². The van der Waals surface area contributed by atoms with Gasteiger partial charge in [-0.15, -0.1) is 0 Å². The first-order valence-electron chi connectivity index (χ1n) is 9.83. The van der Waals surface area contributed by atoms with Gasteiger partial charge in [-0.3, -0.25) is 14.3 Å². The number of hydrogen-bond donors (Lipinski definition) is 3. The van der Waals surface area contributed by atoms with Gasteiger partial charge in [0.25, 0.3) is 5.56 Å². The van der Waals surface area contributed by atoms with E-state index in [4.69, 9.17) is 9.47 Å². The summed E-state index contributed by atoms with van der Waals surface area (Å²) in [6.45, 7) is 3.79. The van der Waals surface area contributed by atoms with Crippen molar-refractivity contribution in [2.45, 2.75) is 32.6 Å². The van der Waals surface area contributed by atoms with E-state index >= 15 is 0 Å². The number of aromatic amines is 1. The SMILES string of the molecule is COc1ccc(Br)cc1/C=N/Nc1nc2c(c(=O)[nH]c(=O)n2C)n1CC(O)COC(C)C. The normalized spacial score (nSPS) is 12.7. The Kier molecular flexibility index (Phi) is 7.48. The average Bonchev–Trinajstić information content (AvgIpc) is 3.09. The third-order valence-electron chi connectivity index (χ3n) is 4.58. The van der Waals surface area contributed by atoms with Crippen LogP contribution in [0.25, 0.3) is 11.2 Å². The molecule has 32 heavy (non-hydrogen) atoms. The van der Waals surface area contributed by atoms with Crippen molar-refractivity contribution in [3.8, 4) is 5.75 Å². The number of rotatable bonds is 9. The highest BCUT2D eigenvalue weighted by molar-refractivity contribution is 9.10. The molecule has 0 saturated carbocycles. The molecule has 0 radical (unpaired) electrons. The maximum Gasteiger partial charge on any atom is 0.329 e. The second kappa shape index (κ2) is 10.1. The summed E-state index contributed by atoms with van der Waals surface area (Å²) in [5.74, 6) is 0.799. The van der Waals surface area contributed by atoms with E-state index in [1.54, 1.807) is 13.2 Å². The number of H-pyrrole nitrogens is 1. The predicted molar refractivity (Wildman–Crippen MR) is 125 cm³/mol. The van der Waals surface area contributed by atoms with Crippen LogP contribution in [-0.4, -0.2) is 56.3 Å². The van der Waals surface area contributed by atoms with E-state index in [0.29, 0.717) is 11.3 Å². The third-order valence-corrected chi connectivity index (χ3v) is 5.08. The van der Waals surface area contributed by atoms with Gasteiger partial charge in [-0.2, -0.15) is 10.1 Å². The van der Waals surface area contributed by atoms with Crippen molar-refractivity contribution in [2.24, 2.45) is 12.1 Å². The van der Waals surface area contributed by atoms with Gasteiger partial charge in [0, 0.05) is 17.1 Å². The Morgan fingerprint density at radius 1 is 1.38 bits per heavy atom. The lowest BCUT2D eigenvalue weighted by atomic mass is 10.2. The molecule has 0 amide bonds. The van der Waals surface area contributed by atoms with Crippen molar-refractivity contribution in [1.82, 2.24) is 19.1 Å². The van der Waals surface area contributed by atoms with Crippen molar-refractivity contribution >= 4 is 39.3 Å². The summed E-state index contributed by atoms with van der Waals surface area (Å²) in [6.07, 6.45) is 0.561. The monoisotopic (exact) mass is 508 g/mol. The average molecular weight is 509 g/mol. The third kappa shape index (κ3) is 5.26. The number of fused-ring (bicyclic) bond motifs is 1. The van der Waals surface area contributed by atoms with Crippen LogP contribution in [0.5, 0.6) is 5.75 Å². The van der Waals surface area contributed by atoms with Crippen LogP contribution < -0.4 is 21.4 Å². The summed E-state index contributed by atoms with van der Waals surface area (Å²) >= 11 is 3.41. The van der Waals surface area contributed by atoms with Crippen LogP contribution in [0.2, 0.25) is 0 Å². The van der Waals surface area contributed by atoms with Crippen molar-refractivity contribution in [3.63, 3.8) is 0 Å². The number of nitrogens with zero attached hydrogens (tertiary/aromatic N) is 4. The molecule has 0 fully saturated rings. The first kappa shape index (κ1) is 23.7. The lowest BCUT2D eigenvalue weighted by Gasteiger charge is -2.15. The van der Waals surface area contributed by atoms with Crippen molar-refractivity contribution in [3.05, 3.63) is 49.1 Å². The van der Waals surface area contributed by atoms with Crippen LogP contribution in [0, 0.1) is 0 Å². The van der Waals surface area contributed by atoms with Crippen LogP contribution in [0.15, 0.2) is 37.4 Å². The van der Waals surface area contributed by atoms with E-state index in [1.165, 1.54) is 22.4 Å². The van der Waals surface area contributed by atoms with Crippen LogP contribution in [0.3, 0.4) is 0 Å². The van der Waals surface area contributed by atoms with Gasteiger partial charge in [0.15, 0.2) is 11.2 Å². The molecule has 0 aliphatic carbocycles. The zero-order valence-corrected chi connectivity index (χ0v) is 19.7. The zero-order chi connectivity index (χ0) is 23.4. The molecule has 0 bridgehead atoms. The van der Waals surface area contributed by atoms with E-state index in [2.05, 4.69) is 36.4 Å². The quantitative estimate of drug-likeness (QED) is 0.293. The molecule has 0 aliphatic heterocycles. The number of aliphatic hydroxyl groups excluding tert-OH is 1. The summed E-state index contributed by atoms with van der Waals surface area (Å²) < 4.78 is 14.3. The zero-order valence-electron chi connectivity index (χ0n) is 18.1. The molecule has 1 aromatic carbocycles. The minimum absolute atomic E-state index is 0.00254. The Balaban J connectivity index is 1.99. The molecule has 1 atom stereocenters. The molecule has 12 heteroatoms. The number of benzene rings is 1. The predicted octanol–water partition coefficient (Wildman–Crippen LogP) is 1.43. The minimum atomic E-state index is -0.916. The summed E-state index contributed by atoms with van der Waals surface area (Å²) in [5.41, 5.74) is 2.59. The fourth-order valence-electron chi connectivity index (χ4n) is 3.03. The summed E-state index contributed by atoms with van der Waals surface area (Å²) in [6, 6.07) is 5.46. The molecule has 3 N–H and O–H groups in total. The Morgan fingerprint density at radius 2 is 2.12 bits per heavy atom. The Hall–Kier alpha value is -2.96.